The Morgan fingerprint density at radius 3 is 3.00 bits per heavy atom. The van der Waals surface area contributed by atoms with Gasteiger partial charge in [-0.3, -0.25) is 4.57 Å². The molecule has 1 aliphatic heterocycles. The number of morpholine rings is 1. The minimum absolute atomic E-state index is 0.354. The molecule has 0 amide bonds. The van der Waals surface area contributed by atoms with Gasteiger partial charge < -0.3 is 15.4 Å². The van der Waals surface area contributed by atoms with Crippen LogP contribution in [0, 0.1) is 0 Å². The molecule has 1 aromatic rings. The molecule has 2 N–H and O–H groups in total. The van der Waals surface area contributed by atoms with E-state index in [1.54, 1.807) is 0 Å². The molecule has 0 saturated carbocycles. The van der Waals surface area contributed by atoms with Crippen molar-refractivity contribution >= 4 is 5.95 Å². The highest BCUT2D eigenvalue weighted by atomic mass is 16.5. The normalized spacial score (nSPS) is 20.5. The fourth-order valence-corrected chi connectivity index (χ4v) is 2.08. The summed E-state index contributed by atoms with van der Waals surface area (Å²) in [6.45, 7) is 8.41. The smallest absolute Gasteiger partial charge is 0.224 e. The van der Waals surface area contributed by atoms with Gasteiger partial charge in [-0.15, -0.1) is 10.2 Å². The maximum Gasteiger partial charge on any atom is 0.224 e. The van der Waals surface area contributed by atoms with Gasteiger partial charge in [-0.05, 0) is 13.8 Å². The molecule has 2 heterocycles. The van der Waals surface area contributed by atoms with Crippen LogP contribution in [0.1, 0.15) is 19.7 Å². The van der Waals surface area contributed by atoms with E-state index >= 15 is 0 Å². The van der Waals surface area contributed by atoms with Crippen LogP contribution >= 0.6 is 0 Å². The van der Waals surface area contributed by atoms with Gasteiger partial charge in [0.2, 0.25) is 5.95 Å². The van der Waals surface area contributed by atoms with Gasteiger partial charge in [0.25, 0.3) is 0 Å². The van der Waals surface area contributed by atoms with E-state index in [0.29, 0.717) is 6.04 Å². The second-order valence-electron chi connectivity index (χ2n) is 4.14. The third-order valence-corrected chi connectivity index (χ3v) is 2.91. The molecular formula is C11H21N5O. The highest BCUT2D eigenvalue weighted by Gasteiger charge is 2.18. The summed E-state index contributed by atoms with van der Waals surface area (Å²) < 4.78 is 7.57. The van der Waals surface area contributed by atoms with Crippen molar-refractivity contribution in [2.75, 3.05) is 31.6 Å². The predicted molar refractivity (Wildman–Crippen MR) is 66.2 cm³/mol. The van der Waals surface area contributed by atoms with E-state index in [0.717, 1.165) is 51.0 Å². The first kappa shape index (κ1) is 12.3. The fraction of sp³-hybridized carbons (Fsp3) is 0.818. The van der Waals surface area contributed by atoms with Crippen molar-refractivity contribution in [3.05, 3.63) is 5.82 Å². The maximum atomic E-state index is 5.45. The van der Waals surface area contributed by atoms with E-state index in [1.165, 1.54) is 0 Å². The van der Waals surface area contributed by atoms with Crippen LogP contribution < -0.4 is 10.6 Å². The number of nitrogens with zero attached hydrogens (tertiary/aromatic N) is 3. The van der Waals surface area contributed by atoms with Crippen molar-refractivity contribution in [1.82, 2.24) is 20.1 Å². The van der Waals surface area contributed by atoms with Crippen molar-refractivity contribution < 1.29 is 4.74 Å². The first-order chi connectivity index (χ1) is 8.35. The van der Waals surface area contributed by atoms with Crippen molar-refractivity contribution in [3.63, 3.8) is 0 Å². The lowest BCUT2D eigenvalue weighted by Gasteiger charge is -2.23. The van der Waals surface area contributed by atoms with Crippen LogP contribution in [0.5, 0.6) is 0 Å². The van der Waals surface area contributed by atoms with Gasteiger partial charge >= 0.3 is 0 Å². The van der Waals surface area contributed by atoms with Crippen molar-refractivity contribution in [3.8, 4) is 0 Å². The molecule has 1 fully saturated rings. The van der Waals surface area contributed by atoms with Crippen LogP contribution in [0.25, 0.3) is 0 Å². The average Bonchev–Trinajstić information content (AvgIpc) is 2.73. The Balaban J connectivity index is 2.03. The predicted octanol–water partition coefficient (Wildman–Crippen LogP) is 0.261. The number of aromatic nitrogens is 3. The molecule has 0 bridgehead atoms. The van der Waals surface area contributed by atoms with Gasteiger partial charge in [0.05, 0.1) is 13.2 Å². The van der Waals surface area contributed by atoms with Crippen LogP contribution in [0.3, 0.4) is 0 Å². The zero-order valence-electron chi connectivity index (χ0n) is 10.6. The minimum Gasteiger partial charge on any atom is -0.379 e. The quantitative estimate of drug-likeness (QED) is 0.771. The second kappa shape index (κ2) is 5.97. The minimum atomic E-state index is 0.354. The summed E-state index contributed by atoms with van der Waals surface area (Å²) in [7, 11) is 0. The molecular weight excluding hydrogens is 218 g/mol. The van der Waals surface area contributed by atoms with Crippen LogP contribution in [0.4, 0.5) is 5.95 Å². The van der Waals surface area contributed by atoms with E-state index in [-0.39, 0.29) is 0 Å². The highest BCUT2D eigenvalue weighted by Crippen LogP contribution is 2.10. The van der Waals surface area contributed by atoms with E-state index in [4.69, 9.17) is 4.74 Å². The third kappa shape index (κ3) is 2.95. The largest absolute Gasteiger partial charge is 0.379 e. The number of rotatable bonds is 5. The first-order valence-corrected chi connectivity index (χ1v) is 6.32. The summed E-state index contributed by atoms with van der Waals surface area (Å²) in [4.78, 5) is 0. The number of nitrogens with one attached hydrogen (secondary N) is 2. The van der Waals surface area contributed by atoms with Crippen LogP contribution in [0.15, 0.2) is 0 Å². The number of anilines is 1. The lowest BCUT2D eigenvalue weighted by molar-refractivity contribution is 0.0761. The molecule has 6 nitrogen and oxygen atoms in total. The van der Waals surface area contributed by atoms with E-state index in [1.807, 2.05) is 0 Å². The fourth-order valence-electron chi connectivity index (χ4n) is 2.08. The molecule has 2 rings (SSSR count). The van der Waals surface area contributed by atoms with E-state index < -0.39 is 0 Å². The SMILES string of the molecule is CCNc1nnc(CC2COCCN2)n1CC. The molecule has 0 spiro atoms. The Bertz CT molecular complexity index is 346. The molecule has 0 aromatic carbocycles. The zero-order chi connectivity index (χ0) is 12.1. The average molecular weight is 239 g/mol. The molecule has 6 heteroatoms. The van der Waals surface area contributed by atoms with Crippen molar-refractivity contribution in [1.29, 1.82) is 0 Å². The molecule has 1 saturated heterocycles. The molecule has 0 aliphatic carbocycles. The summed E-state index contributed by atoms with van der Waals surface area (Å²) in [5.41, 5.74) is 0. The van der Waals surface area contributed by atoms with Crippen molar-refractivity contribution in [2.24, 2.45) is 0 Å². The van der Waals surface area contributed by atoms with Crippen LogP contribution in [0.2, 0.25) is 0 Å². The second-order valence-corrected chi connectivity index (χ2v) is 4.14. The molecule has 96 valence electrons. The molecule has 1 unspecified atom stereocenters. The summed E-state index contributed by atoms with van der Waals surface area (Å²) in [5.74, 6) is 1.88. The first-order valence-electron chi connectivity index (χ1n) is 6.32. The highest BCUT2D eigenvalue weighted by molar-refractivity contribution is 5.25. The van der Waals surface area contributed by atoms with Gasteiger partial charge in [-0.25, -0.2) is 0 Å². The lowest BCUT2D eigenvalue weighted by Crippen LogP contribution is -2.43. The Labute approximate surface area is 102 Å². The number of hydrogen-bond acceptors (Lipinski definition) is 5. The Hall–Kier alpha value is -1.14. The third-order valence-electron chi connectivity index (χ3n) is 2.91. The van der Waals surface area contributed by atoms with Gasteiger partial charge in [0, 0.05) is 32.1 Å². The number of ether oxygens (including phenoxy) is 1. The molecule has 1 atom stereocenters. The Kier molecular flexibility index (Phi) is 4.33. The van der Waals surface area contributed by atoms with Gasteiger partial charge in [0.1, 0.15) is 5.82 Å². The lowest BCUT2D eigenvalue weighted by atomic mass is 10.2. The Morgan fingerprint density at radius 2 is 2.35 bits per heavy atom. The Morgan fingerprint density at radius 1 is 1.47 bits per heavy atom. The molecule has 17 heavy (non-hydrogen) atoms. The van der Waals surface area contributed by atoms with Crippen molar-refractivity contribution in [2.45, 2.75) is 32.9 Å². The zero-order valence-corrected chi connectivity index (χ0v) is 10.6. The standard InChI is InChI=1S/C11H21N5O/c1-3-12-11-15-14-10(16(11)4-2)7-9-8-17-6-5-13-9/h9,13H,3-8H2,1-2H3,(H,12,15). The molecule has 0 radical (unpaired) electrons. The summed E-state index contributed by atoms with van der Waals surface area (Å²) in [6, 6.07) is 0.354. The van der Waals surface area contributed by atoms with Crippen LogP contribution in [-0.4, -0.2) is 47.1 Å². The van der Waals surface area contributed by atoms with Gasteiger partial charge in [-0.2, -0.15) is 0 Å². The maximum absolute atomic E-state index is 5.45. The van der Waals surface area contributed by atoms with E-state index in [2.05, 4.69) is 39.2 Å². The summed E-state index contributed by atoms with van der Waals surface area (Å²) in [6.07, 6.45) is 0.867. The summed E-state index contributed by atoms with van der Waals surface area (Å²) in [5, 5.41) is 15.1. The molecule has 1 aromatic heterocycles. The number of hydrogen-bond donors (Lipinski definition) is 2. The molecule has 1 aliphatic rings. The van der Waals surface area contributed by atoms with E-state index in [9.17, 15) is 0 Å². The monoisotopic (exact) mass is 239 g/mol. The van der Waals surface area contributed by atoms with Gasteiger partial charge in [-0.1, -0.05) is 0 Å². The summed E-state index contributed by atoms with van der Waals surface area (Å²) >= 11 is 0. The topological polar surface area (TPSA) is 64.0 Å². The van der Waals surface area contributed by atoms with Crippen LogP contribution in [-0.2, 0) is 17.7 Å². The van der Waals surface area contributed by atoms with Gasteiger partial charge in [0.15, 0.2) is 0 Å².